The number of carbonyl (C=O) groups excluding carboxylic acids is 1. The Hall–Kier alpha value is -2.15. The minimum absolute atomic E-state index is 0.406. The van der Waals surface area contributed by atoms with Gasteiger partial charge in [-0.15, -0.1) is 0 Å². The van der Waals surface area contributed by atoms with Crippen molar-refractivity contribution in [2.45, 2.75) is 58.3 Å². The Balaban J connectivity index is 1.64. The molecule has 2 aromatic rings. The quantitative estimate of drug-likeness (QED) is 0.143. The Labute approximate surface area is 232 Å². The number of nitrogens with two attached hydrogens (primary N) is 2. The van der Waals surface area contributed by atoms with Crippen molar-refractivity contribution < 1.29 is 9.53 Å². The van der Waals surface area contributed by atoms with Crippen LogP contribution < -0.4 is 20.5 Å². The normalized spacial score (nSPS) is 16.3. The smallest absolute Gasteiger partial charge is 0.248 e. The van der Waals surface area contributed by atoms with Crippen molar-refractivity contribution in [3.63, 3.8) is 0 Å². The number of aryl methyl sites for hydroxylation is 1. The van der Waals surface area contributed by atoms with Crippen molar-refractivity contribution in [3.05, 3.63) is 70.8 Å². The number of primary amides is 1. The zero-order chi connectivity index (χ0) is 26.5. The van der Waals surface area contributed by atoms with Crippen LogP contribution in [0.15, 0.2) is 54.6 Å². The second-order valence-electron chi connectivity index (χ2n) is 9.98. The molecule has 0 aliphatic carbocycles. The highest BCUT2D eigenvalue weighted by Gasteiger charge is 2.24. The number of hydrogen-bond acceptors (Lipinski definition) is 5. The van der Waals surface area contributed by atoms with Crippen molar-refractivity contribution in [2.24, 2.45) is 22.7 Å². The number of halogens is 1. The average molecular weight is 544 g/mol. The molecule has 0 saturated carbocycles. The summed E-state index contributed by atoms with van der Waals surface area (Å²) in [5, 5.41) is 6.30. The third-order valence-corrected chi connectivity index (χ3v) is 7.92. The zero-order valence-electron chi connectivity index (χ0n) is 22.0. The fraction of sp³-hybridized carbons (Fsp3) is 0.500. The Morgan fingerprint density at radius 3 is 2.86 bits per heavy atom. The first-order valence-corrected chi connectivity index (χ1v) is 15.0. The van der Waals surface area contributed by atoms with Gasteiger partial charge >= 0.3 is 0 Å². The van der Waals surface area contributed by atoms with E-state index < -0.39 is 5.91 Å². The van der Waals surface area contributed by atoms with E-state index in [0.29, 0.717) is 24.0 Å². The van der Waals surface area contributed by atoms with Gasteiger partial charge in [0.25, 0.3) is 0 Å². The monoisotopic (exact) mass is 543 g/mol. The fourth-order valence-corrected chi connectivity index (χ4v) is 5.45. The maximum absolute atomic E-state index is 11.9. The van der Waals surface area contributed by atoms with Gasteiger partial charge in [0.1, 0.15) is 5.75 Å². The summed E-state index contributed by atoms with van der Waals surface area (Å²) in [5.41, 5.74) is 8.39. The minimum Gasteiger partial charge on any atom is -0.491 e. The first-order valence-electron chi connectivity index (χ1n) is 13.5. The number of unbranched alkanes of at least 4 members (excludes halogenated alkanes) is 1. The third kappa shape index (κ3) is 9.91. The van der Waals surface area contributed by atoms with Gasteiger partial charge < -0.3 is 15.4 Å². The van der Waals surface area contributed by atoms with Gasteiger partial charge in [0.2, 0.25) is 5.91 Å². The van der Waals surface area contributed by atoms with Crippen LogP contribution in [0.3, 0.4) is 0 Å². The van der Waals surface area contributed by atoms with Gasteiger partial charge in [-0.05, 0) is 86.8 Å². The number of nitrogens with zero attached hydrogens (tertiary/aromatic N) is 1. The molecule has 0 radical (unpaired) electrons. The summed E-state index contributed by atoms with van der Waals surface area (Å²) < 4.78 is 6.26. The molecule has 4 N–H and O–H groups in total. The van der Waals surface area contributed by atoms with Crippen LogP contribution in [0.25, 0.3) is 0 Å². The molecule has 5 nitrogen and oxygen atoms in total. The zero-order valence-corrected chi connectivity index (χ0v) is 23.6. The molecular formula is C30H42ClN3O2S. The first-order chi connectivity index (χ1) is 18.0. The lowest BCUT2D eigenvalue weighted by atomic mass is 9.96. The lowest BCUT2D eigenvalue weighted by molar-refractivity contribution is 0.100. The number of rotatable bonds is 15. The molecule has 0 saturated heterocycles. The van der Waals surface area contributed by atoms with Crippen molar-refractivity contribution in [2.75, 3.05) is 30.3 Å². The summed E-state index contributed by atoms with van der Waals surface area (Å²) in [7, 11) is 0. The molecule has 0 aromatic heterocycles. The molecule has 202 valence electrons. The summed E-state index contributed by atoms with van der Waals surface area (Å²) in [5.74, 6) is 2.46. The van der Waals surface area contributed by atoms with Crippen LogP contribution in [0.2, 0.25) is 5.02 Å². The van der Waals surface area contributed by atoms with Gasteiger partial charge in [0.05, 0.1) is 12.3 Å². The lowest BCUT2D eigenvalue weighted by Gasteiger charge is -2.28. The van der Waals surface area contributed by atoms with E-state index >= 15 is 0 Å². The molecule has 0 bridgehead atoms. The van der Waals surface area contributed by atoms with Gasteiger partial charge in [-0.3, -0.25) is 9.93 Å². The van der Waals surface area contributed by atoms with Crippen LogP contribution in [0, 0.1) is 11.8 Å². The predicted molar refractivity (Wildman–Crippen MR) is 159 cm³/mol. The fourth-order valence-electron chi connectivity index (χ4n) is 4.90. The van der Waals surface area contributed by atoms with Gasteiger partial charge in [-0.2, -0.15) is 0 Å². The second kappa shape index (κ2) is 16.0. The Morgan fingerprint density at radius 1 is 1.24 bits per heavy atom. The molecule has 7 heteroatoms. The Morgan fingerprint density at radius 2 is 2.11 bits per heavy atom. The first kappa shape index (κ1) is 29.4. The molecule has 1 amide bonds. The molecule has 1 heterocycles. The van der Waals surface area contributed by atoms with Gasteiger partial charge in [0, 0.05) is 35.3 Å². The third-order valence-electron chi connectivity index (χ3n) is 7.16. The number of benzene rings is 2. The molecule has 37 heavy (non-hydrogen) atoms. The van der Waals surface area contributed by atoms with Gasteiger partial charge in [0.15, 0.2) is 0 Å². The molecular weight excluding hydrogens is 502 g/mol. The molecule has 1 unspecified atom stereocenters. The van der Waals surface area contributed by atoms with Crippen LogP contribution in [-0.4, -0.2) is 31.4 Å². The standard InChI is InChI=1S/C30H42ClN3O2S/c1-2-23(9-5-3-4-6-18-37-33)16-17-34-21-25(12-7-10-24-11-8-13-27(31)19-24)22-36-29-15-14-26(30(32)35)20-28(29)34/h3,5,8,11,13-15,19-20,23,25H,2,4,6-7,9-10,12,16-18,21-22,33H2,1H3,(H2,32,35)/b5-3+/t23-,25?/m0/s1. The van der Waals surface area contributed by atoms with Crippen molar-refractivity contribution in [1.82, 2.24) is 0 Å². The van der Waals surface area contributed by atoms with Crippen molar-refractivity contribution in [3.8, 4) is 5.75 Å². The van der Waals surface area contributed by atoms with E-state index in [-0.39, 0.29) is 0 Å². The number of fused-ring (bicyclic) bond motifs is 1. The second-order valence-corrected chi connectivity index (χ2v) is 11.2. The summed E-state index contributed by atoms with van der Waals surface area (Å²) >= 11 is 7.58. The topological polar surface area (TPSA) is 81.6 Å². The van der Waals surface area contributed by atoms with Gasteiger partial charge in [-0.1, -0.05) is 61.2 Å². The Kier molecular flexibility index (Phi) is 12.7. The van der Waals surface area contributed by atoms with Crippen LogP contribution in [0.5, 0.6) is 5.75 Å². The highest BCUT2D eigenvalue weighted by atomic mass is 35.5. The van der Waals surface area contributed by atoms with E-state index in [1.54, 1.807) is 6.07 Å². The van der Waals surface area contributed by atoms with Crippen LogP contribution in [0.1, 0.15) is 67.8 Å². The van der Waals surface area contributed by atoms with Crippen LogP contribution >= 0.6 is 23.5 Å². The van der Waals surface area contributed by atoms with Crippen LogP contribution in [-0.2, 0) is 6.42 Å². The van der Waals surface area contributed by atoms with E-state index in [1.165, 1.54) is 17.5 Å². The van der Waals surface area contributed by atoms with Gasteiger partial charge in [-0.25, -0.2) is 0 Å². The average Bonchev–Trinajstić information content (AvgIpc) is 3.06. The maximum Gasteiger partial charge on any atom is 0.248 e. The summed E-state index contributed by atoms with van der Waals surface area (Å²) in [6.07, 6.45) is 13.3. The summed E-state index contributed by atoms with van der Waals surface area (Å²) in [6, 6.07) is 13.7. The molecule has 2 atom stereocenters. The van der Waals surface area contributed by atoms with Crippen LogP contribution in [0.4, 0.5) is 5.69 Å². The van der Waals surface area contributed by atoms with E-state index in [4.69, 9.17) is 27.2 Å². The van der Waals surface area contributed by atoms with E-state index in [0.717, 1.165) is 86.7 Å². The summed E-state index contributed by atoms with van der Waals surface area (Å²) in [6.45, 7) is 4.79. The predicted octanol–water partition coefficient (Wildman–Crippen LogP) is 7.03. The number of ether oxygens (including phenoxy) is 1. The number of hydrogen-bond donors (Lipinski definition) is 2. The largest absolute Gasteiger partial charge is 0.491 e. The Bertz CT molecular complexity index is 1020. The molecule has 1 aliphatic rings. The van der Waals surface area contributed by atoms with Crippen molar-refractivity contribution in [1.29, 1.82) is 0 Å². The number of amides is 1. The molecule has 1 aliphatic heterocycles. The lowest BCUT2D eigenvalue weighted by Crippen LogP contribution is -2.32. The number of anilines is 1. The van der Waals surface area contributed by atoms with Crippen molar-refractivity contribution >= 4 is 35.1 Å². The molecule has 0 fully saturated rings. The summed E-state index contributed by atoms with van der Waals surface area (Å²) in [4.78, 5) is 14.3. The molecule has 3 rings (SSSR count). The number of allylic oxidation sites excluding steroid dienone is 2. The van der Waals surface area contributed by atoms with E-state index in [1.807, 2.05) is 24.3 Å². The molecule has 0 spiro atoms. The highest BCUT2D eigenvalue weighted by Crippen LogP contribution is 2.35. The maximum atomic E-state index is 11.9. The minimum atomic E-state index is -0.408. The van der Waals surface area contributed by atoms with E-state index in [2.05, 4.69) is 36.1 Å². The SMILES string of the molecule is CC[C@@H](C/C=C/CCCSN)CCN1CC(CCCc2cccc(Cl)c2)COc2ccc(C(N)=O)cc21. The highest BCUT2D eigenvalue weighted by molar-refractivity contribution is 7.97. The van der Waals surface area contributed by atoms with E-state index in [9.17, 15) is 4.79 Å². The number of carbonyl (C=O) groups is 1. The molecule has 2 aromatic carbocycles.